The molecule has 0 amide bonds. The van der Waals surface area contributed by atoms with Gasteiger partial charge in [0.05, 0.1) is 5.92 Å². The number of benzene rings is 1. The zero-order valence-electron chi connectivity index (χ0n) is 9.65. The van der Waals surface area contributed by atoms with Crippen molar-refractivity contribution in [2.75, 3.05) is 0 Å². The number of carboxylic acids is 1. The van der Waals surface area contributed by atoms with Gasteiger partial charge in [0.25, 0.3) is 0 Å². The lowest BCUT2D eigenvalue weighted by atomic mass is 9.72. The van der Waals surface area contributed by atoms with Gasteiger partial charge in [0.1, 0.15) is 0 Å². The second kappa shape index (κ2) is 4.69. The molecule has 1 aliphatic rings. The third kappa shape index (κ3) is 2.43. The van der Waals surface area contributed by atoms with Gasteiger partial charge in [-0.2, -0.15) is 0 Å². The molecule has 0 bridgehead atoms. The van der Waals surface area contributed by atoms with Crippen LogP contribution >= 0.6 is 0 Å². The van der Waals surface area contributed by atoms with E-state index in [1.165, 1.54) is 11.1 Å². The summed E-state index contributed by atoms with van der Waals surface area (Å²) in [5.74, 6) is -0.133. The Hall–Kier alpha value is -1.31. The number of hydrogen-bond acceptors (Lipinski definition) is 1. The Morgan fingerprint density at radius 1 is 1.25 bits per heavy atom. The minimum Gasteiger partial charge on any atom is -0.481 e. The molecule has 2 nitrogen and oxygen atoms in total. The predicted octanol–water partition coefficient (Wildman–Crippen LogP) is 2.90. The maximum absolute atomic E-state index is 10.7. The van der Waals surface area contributed by atoms with Crippen molar-refractivity contribution in [1.82, 2.24) is 0 Å². The molecule has 0 spiro atoms. The van der Waals surface area contributed by atoms with E-state index < -0.39 is 5.97 Å². The Morgan fingerprint density at radius 2 is 1.81 bits per heavy atom. The van der Waals surface area contributed by atoms with E-state index in [9.17, 15) is 4.79 Å². The van der Waals surface area contributed by atoms with E-state index >= 15 is 0 Å². The molecule has 0 saturated heterocycles. The maximum atomic E-state index is 10.7. The van der Waals surface area contributed by atoms with E-state index in [1.807, 2.05) is 0 Å². The van der Waals surface area contributed by atoms with Crippen LogP contribution in [0.1, 0.15) is 30.9 Å². The summed E-state index contributed by atoms with van der Waals surface area (Å²) in [4.78, 5) is 10.7. The lowest BCUT2D eigenvalue weighted by Crippen LogP contribution is -2.31. The van der Waals surface area contributed by atoms with Crippen LogP contribution in [0.5, 0.6) is 0 Å². The van der Waals surface area contributed by atoms with E-state index in [2.05, 4.69) is 31.2 Å². The monoisotopic (exact) mass is 218 g/mol. The Labute approximate surface area is 96.3 Å². The smallest absolute Gasteiger partial charge is 0.306 e. The number of rotatable bonds is 4. The molecular formula is C14H18O2. The quantitative estimate of drug-likeness (QED) is 0.843. The van der Waals surface area contributed by atoms with Gasteiger partial charge < -0.3 is 5.11 Å². The molecule has 1 aromatic carbocycles. The van der Waals surface area contributed by atoms with E-state index in [4.69, 9.17) is 5.11 Å². The zero-order valence-corrected chi connectivity index (χ0v) is 9.65. The topological polar surface area (TPSA) is 37.3 Å². The zero-order chi connectivity index (χ0) is 11.5. The highest BCUT2D eigenvalue weighted by Crippen LogP contribution is 2.36. The molecule has 0 unspecified atom stereocenters. The second-order valence-electron chi connectivity index (χ2n) is 4.75. The van der Waals surface area contributed by atoms with Crippen LogP contribution in [0.15, 0.2) is 24.3 Å². The van der Waals surface area contributed by atoms with Crippen LogP contribution in [0.2, 0.25) is 0 Å². The fourth-order valence-electron chi connectivity index (χ4n) is 2.35. The van der Waals surface area contributed by atoms with E-state index in [0.717, 1.165) is 25.7 Å². The first kappa shape index (κ1) is 11.2. The molecule has 1 fully saturated rings. The number of hydrogen-bond donors (Lipinski definition) is 1. The lowest BCUT2D eigenvalue weighted by molar-refractivity contribution is -0.146. The molecule has 2 heteroatoms. The lowest BCUT2D eigenvalue weighted by Gasteiger charge is -2.32. The second-order valence-corrected chi connectivity index (χ2v) is 4.75. The Morgan fingerprint density at radius 3 is 2.31 bits per heavy atom. The molecule has 0 aliphatic heterocycles. The van der Waals surface area contributed by atoms with Crippen molar-refractivity contribution in [3.63, 3.8) is 0 Å². The van der Waals surface area contributed by atoms with Gasteiger partial charge in [0.2, 0.25) is 0 Å². The van der Waals surface area contributed by atoms with Gasteiger partial charge >= 0.3 is 5.97 Å². The Balaban J connectivity index is 1.84. The molecule has 0 aromatic heterocycles. The average molecular weight is 218 g/mol. The molecule has 2 rings (SSSR count). The third-order valence-corrected chi connectivity index (χ3v) is 3.54. The van der Waals surface area contributed by atoms with Crippen LogP contribution in [0.3, 0.4) is 0 Å². The molecular weight excluding hydrogens is 200 g/mol. The van der Waals surface area contributed by atoms with Gasteiger partial charge in [0, 0.05) is 0 Å². The van der Waals surface area contributed by atoms with Gasteiger partial charge in [-0.05, 0) is 42.7 Å². The first-order valence-corrected chi connectivity index (χ1v) is 5.99. The largest absolute Gasteiger partial charge is 0.481 e. The van der Waals surface area contributed by atoms with Gasteiger partial charge in [-0.1, -0.05) is 31.2 Å². The molecule has 1 aromatic rings. The first-order valence-electron chi connectivity index (χ1n) is 5.99. The minimum atomic E-state index is -0.627. The highest BCUT2D eigenvalue weighted by molar-refractivity contribution is 5.71. The van der Waals surface area contributed by atoms with Crippen LogP contribution in [0.25, 0.3) is 0 Å². The number of aliphatic carboxylic acids is 1. The Kier molecular flexibility index (Phi) is 3.28. The maximum Gasteiger partial charge on any atom is 0.306 e. The van der Waals surface area contributed by atoms with Gasteiger partial charge in [-0.15, -0.1) is 0 Å². The van der Waals surface area contributed by atoms with Gasteiger partial charge in [-0.25, -0.2) is 0 Å². The third-order valence-electron chi connectivity index (χ3n) is 3.54. The van der Waals surface area contributed by atoms with Crippen LogP contribution in [-0.2, 0) is 17.6 Å². The molecule has 0 radical (unpaired) electrons. The number of aryl methyl sites for hydroxylation is 1. The predicted molar refractivity (Wildman–Crippen MR) is 63.4 cm³/mol. The van der Waals surface area contributed by atoms with Gasteiger partial charge in [-0.3, -0.25) is 4.79 Å². The average Bonchev–Trinajstić information content (AvgIpc) is 2.23. The van der Waals surface area contributed by atoms with Crippen molar-refractivity contribution in [1.29, 1.82) is 0 Å². The fourth-order valence-corrected chi connectivity index (χ4v) is 2.35. The summed E-state index contributed by atoms with van der Waals surface area (Å²) >= 11 is 0. The number of carbonyl (C=O) groups is 1. The van der Waals surface area contributed by atoms with Crippen molar-refractivity contribution in [2.24, 2.45) is 11.8 Å². The van der Waals surface area contributed by atoms with Crippen LogP contribution < -0.4 is 0 Å². The summed E-state index contributed by atoms with van der Waals surface area (Å²) in [5.41, 5.74) is 2.70. The highest BCUT2D eigenvalue weighted by atomic mass is 16.4. The van der Waals surface area contributed by atoms with Crippen LogP contribution in [0.4, 0.5) is 0 Å². The summed E-state index contributed by atoms with van der Waals surface area (Å²) in [6.07, 6.45) is 3.81. The summed E-state index contributed by atoms with van der Waals surface area (Å²) in [5, 5.41) is 8.79. The minimum absolute atomic E-state index is 0.0834. The molecule has 1 N–H and O–H groups in total. The summed E-state index contributed by atoms with van der Waals surface area (Å²) in [6, 6.07) is 8.69. The SMILES string of the molecule is CCc1ccc(CC2CC(C(=O)O)C2)cc1. The summed E-state index contributed by atoms with van der Waals surface area (Å²) < 4.78 is 0. The van der Waals surface area contributed by atoms with Crippen molar-refractivity contribution < 1.29 is 9.90 Å². The molecule has 0 atom stereocenters. The van der Waals surface area contributed by atoms with E-state index in [1.54, 1.807) is 0 Å². The van der Waals surface area contributed by atoms with E-state index in [0.29, 0.717) is 5.92 Å². The number of carboxylic acid groups (broad SMARTS) is 1. The molecule has 86 valence electrons. The summed E-state index contributed by atoms with van der Waals surface area (Å²) in [7, 11) is 0. The normalized spacial score (nSPS) is 23.8. The summed E-state index contributed by atoms with van der Waals surface area (Å²) in [6.45, 7) is 2.15. The highest BCUT2D eigenvalue weighted by Gasteiger charge is 2.33. The van der Waals surface area contributed by atoms with Crippen molar-refractivity contribution in [3.05, 3.63) is 35.4 Å². The first-order chi connectivity index (χ1) is 7.69. The van der Waals surface area contributed by atoms with Crippen LogP contribution in [-0.4, -0.2) is 11.1 Å². The molecule has 1 saturated carbocycles. The van der Waals surface area contributed by atoms with Crippen LogP contribution in [0, 0.1) is 11.8 Å². The molecule has 1 aliphatic carbocycles. The van der Waals surface area contributed by atoms with Crippen molar-refractivity contribution in [3.8, 4) is 0 Å². The Bertz CT molecular complexity index is 361. The van der Waals surface area contributed by atoms with Crippen molar-refractivity contribution in [2.45, 2.75) is 32.6 Å². The molecule has 16 heavy (non-hydrogen) atoms. The molecule has 0 heterocycles. The van der Waals surface area contributed by atoms with Crippen molar-refractivity contribution >= 4 is 5.97 Å². The van der Waals surface area contributed by atoms with Gasteiger partial charge in [0.15, 0.2) is 0 Å². The fraction of sp³-hybridized carbons (Fsp3) is 0.500. The standard InChI is InChI=1S/C14H18O2/c1-2-10-3-5-11(6-4-10)7-12-8-13(9-12)14(15)16/h3-6,12-13H,2,7-9H2,1H3,(H,15,16). The van der Waals surface area contributed by atoms with E-state index in [-0.39, 0.29) is 5.92 Å².